The number of hydrogen-bond acceptors (Lipinski definition) is 4. The zero-order chi connectivity index (χ0) is 17.3. The van der Waals surface area contributed by atoms with Gasteiger partial charge in [-0.15, -0.1) is 0 Å². The lowest BCUT2D eigenvalue weighted by molar-refractivity contribution is 0.131. The number of rotatable bonds is 8. The van der Waals surface area contributed by atoms with Crippen molar-refractivity contribution in [2.45, 2.75) is 26.2 Å². The highest BCUT2D eigenvalue weighted by Crippen LogP contribution is 2.32. The first-order chi connectivity index (χ1) is 11.7. The average molecular weight is 355 g/mol. The summed E-state index contributed by atoms with van der Waals surface area (Å²) >= 11 is 5.80. The maximum absolute atomic E-state index is 9.30. The van der Waals surface area contributed by atoms with E-state index < -0.39 is 0 Å². The van der Waals surface area contributed by atoms with Gasteiger partial charge in [-0.2, -0.15) is 0 Å². The number of aromatic nitrogens is 1. The van der Waals surface area contributed by atoms with Crippen molar-refractivity contribution in [2.24, 2.45) is 10.4 Å². The van der Waals surface area contributed by atoms with Crippen LogP contribution < -0.4 is 10.6 Å². The highest BCUT2D eigenvalue weighted by molar-refractivity contribution is 6.29. The molecular formula is C17H27ClN4O2. The molecule has 6 nitrogen and oxygen atoms in total. The van der Waals surface area contributed by atoms with Gasteiger partial charge in [0.1, 0.15) is 5.15 Å². The van der Waals surface area contributed by atoms with Gasteiger partial charge in [0, 0.05) is 37.9 Å². The molecule has 2 heterocycles. The molecule has 0 amide bonds. The summed E-state index contributed by atoms with van der Waals surface area (Å²) in [5, 5.41) is 16.4. The summed E-state index contributed by atoms with van der Waals surface area (Å²) in [5.41, 5.74) is 1.10. The molecule has 0 saturated carbocycles. The fraction of sp³-hybridized carbons (Fsp3) is 0.647. The Morgan fingerprint density at radius 2 is 2.33 bits per heavy atom. The predicted octanol–water partition coefficient (Wildman–Crippen LogP) is 1.62. The molecule has 0 radical (unpaired) electrons. The smallest absolute Gasteiger partial charge is 0.191 e. The van der Waals surface area contributed by atoms with Gasteiger partial charge >= 0.3 is 0 Å². The van der Waals surface area contributed by atoms with Crippen LogP contribution in [0, 0.1) is 5.41 Å². The Bertz CT molecular complexity index is 516. The van der Waals surface area contributed by atoms with Gasteiger partial charge in [0.15, 0.2) is 5.96 Å². The third-order valence-electron chi connectivity index (χ3n) is 4.24. The number of guanidine groups is 1. The van der Waals surface area contributed by atoms with E-state index in [4.69, 9.17) is 21.3 Å². The van der Waals surface area contributed by atoms with Gasteiger partial charge in [0.25, 0.3) is 0 Å². The minimum atomic E-state index is -0.0306. The van der Waals surface area contributed by atoms with Gasteiger partial charge in [0.2, 0.25) is 0 Å². The van der Waals surface area contributed by atoms with Crippen molar-refractivity contribution in [1.82, 2.24) is 15.6 Å². The first-order valence-electron chi connectivity index (χ1n) is 8.49. The lowest BCUT2D eigenvalue weighted by Gasteiger charge is -2.24. The molecule has 24 heavy (non-hydrogen) atoms. The number of aliphatic hydroxyl groups excluding tert-OH is 1. The molecule has 1 aromatic heterocycles. The lowest BCUT2D eigenvalue weighted by Crippen LogP contribution is -2.39. The zero-order valence-corrected chi connectivity index (χ0v) is 15.0. The van der Waals surface area contributed by atoms with E-state index in [0.29, 0.717) is 18.3 Å². The molecule has 0 aromatic carbocycles. The van der Waals surface area contributed by atoms with Crippen LogP contribution in [0.2, 0.25) is 5.15 Å². The molecule has 1 atom stereocenters. The van der Waals surface area contributed by atoms with E-state index in [2.05, 4.69) is 15.6 Å². The van der Waals surface area contributed by atoms with E-state index >= 15 is 0 Å². The average Bonchev–Trinajstić information content (AvgIpc) is 3.04. The van der Waals surface area contributed by atoms with Crippen LogP contribution in [-0.2, 0) is 11.2 Å². The highest BCUT2D eigenvalue weighted by atomic mass is 35.5. The predicted molar refractivity (Wildman–Crippen MR) is 96.5 cm³/mol. The standard InChI is InChI=1S/C17H27ClN4O2/c1-2-19-16(20-8-5-14-3-4-15(18)21-11-14)22-12-17(6-9-23)7-10-24-13-17/h3-4,11,23H,2,5-10,12-13H2,1H3,(H2,19,20,22). The molecule has 1 aromatic rings. The SMILES string of the molecule is CCNC(=NCC1(CCO)CCOC1)NCCc1ccc(Cl)nc1. The Balaban J connectivity index is 1.86. The number of aliphatic hydroxyl groups is 1. The largest absolute Gasteiger partial charge is 0.396 e. The molecule has 1 aliphatic rings. The summed E-state index contributed by atoms with van der Waals surface area (Å²) in [5.74, 6) is 0.795. The Kier molecular flexibility index (Phi) is 7.75. The van der Waals surface area contributed by atoms with E-state index in [9.17, 15) is 5.11 Å². The number of pyridine rings is 1. The summed E-state index contributed by atoms with van der Waals surface area (Å²) in [7, 11) is 0. The second kappa shape index (κ2) is 9.81. The highest BCUT2D eigenvalue weighted by Gasteiger charge is 2.34. The van der Waals surface area contributed by atoms with Gasteiger partial charge in [0.05, 0.1) is 13.2 Å². The molecule has 134 valence electrons. The summed E-state index contributed by atoms with van der Waals surface area (Å²) in [6.07, 6.45) is 4.32. The Labute approximate surface area is 148 Å². The summed E-state index contributed by atoms with van der Waals surface area (Å²) in [4.78, 5) is 8.78. The quantitative estimate of drug-likeness (QED) is 0.375. The van der Waals surface area contributed by atoms with Crippen LogP contribution in [0.15, 0.2) is 23.3 Å². The molecule has 0 aliphatic carbocycles. The summed E-state index contributed by atoms with van der Waals surface area (Å²) in [6, 6.07) is 3.78. The number of hydrogen-bond donors (Lipinski definition) is 3. The number of nitrogens with one attached hydrogen (secondary N) is 2. The van der Waals surface area contributed by atoms with E-state index in [1.807, 2.05) is 13.0 Å². The zero-order valence-electron chi connectivity index (χ0n) is 14.2. The van der Waals surface area contributed by atoms with E-state index in [1.165, 1.54) is 0 Å². The van der Waals surface area contributed by atoms with Gasteiger partial charge in [-0.25, -0.2) is 4.98 Å². The van der Waals surface area contributed by atoms with Crippen molar-refractivity contribution >= 4 is 17.6 Å². The minimum Gasteiger partial charge on any atom is -0.396 e. The summed E-state index contributed by atoms with van der Waals surface area (Å²) < 4.78 is 5.51. The van der Waals surface area contributed by atoms with Gasteiger partial charge in [-0.3, -0.25) is 4.99 Å². The van der Waals surface area contributed by atoms with Crippen LogP contribution in [0.1, 0.15) is 25.3 Å². The third kappa shape index (κ3) is 5.92. The molecule has 0 spiro atoms. The van der Waals surface area contributed by atoms with E-state index in [-0.39, 0.29) is 12.0 Å². The van der Waals surface area contributed by atoms with E-state index in [1.54, 1.807) is 12.3 Å². The van der Waals surface area contributed by atoms with Crippen molar-refractivity contribution in [3.63, 3.8) is 0 Å². The summed E-state index contributed by atoms with van der Waals surface area (Å²) in [6.45, 7) is 5.87. The second-order valence-corrected chi connectivity index (χ2v) is 6.52. The van der Waals surface area contributed by atoms with Crippen molar-refractivity contribution in [1.29, 1.82) is 0 Å². The molecule has 7 heteroatoms. The lowest BCUT2D eigenvalue weighted by atomic mass is 9.84. The van der Waals surface area contributed by atoms with Crippen molar-refractivity contribution in [3.05, 3.63) is 29.0 Å². The fourth-order valence-corrected chi connectivity index (χ4v) is 2.87. The molecule has 1 unspecified atom stereocenters. The molecule has 1 fully saturated rings. The minimum absolute atomic E-state index is 0.0306. The molecular weight excluding hydrogens is 328 g/mol. The van der Waals surface area contributed by atoms with Crippen LogP contribution in [-0.4, -0.2) is 55.5 Å². The maximum Gasteiger partial charge on any atom is 0.191 e. The van der Waals surface area contributed by atoms with E-state index in [0.717, 1.165) is 50.5 Å². The van der Waals surface area contributed by atoms with Gasteiger partial charge in [-0.05, 0) is 37.8 Å². The molecule has 2 rings (SSSR count). The first kappa shape index (κ1) is 19.0. The number of aliphatic imine (C=N–C) groups is 1. The van der Waals surface area contributed by atoms with Gasteiger partial charge < -0.3 is 20.5 Å². The van der Waals surface area contributed by atoms with Crippen molar-refractivity contribution in [3.8, 4) is 0 Å². The second-order valence-electron chi connectivity index (χ2n) is 6.14. The Hall–Kier alpha value is -1.37. The van der Waals surface area contributed by atoms with Gasteiger partial charge in [-0.1, -0.05) is 17.7 Å². The van der Waals surface area contributed by atoms with Crippen molar-refractivity contribution in [2.75, 3.05) is 39.5 Å². The number of ether oxygens (including phenoxy) is 1. The molecule has 1 saturated heterocycles. The molecule has 1 aliphatic heterocycles. The molecule has 3 N–H and O–H groups in total. The monoisotopic (exact) mass is 354 g/mol. The van der Waals surface area contributed by atoms with Crippen molar-refractivity contribution < 1.29 is 9.84 Å². The van der Waals surface area contributed by atoms with Crippen LogP contribution in [0.5, 0.6) is 0 Å². The topological polar surface area (TPSA) is 78.8 Å². The van der Waals surface area contributed by atoms with Crippen LogP contribution >= 0.6 is 11.6 Å². The Morgan fingerprint density at radius 1 is 1.46 bits per heavy atom. The van der Waals surface area contributed by atoms with Crippen LogP contribution in [0.3, 0.4) is 0 Å². The number of nitrogens with zero attached hydrogens (tertiary/aromatic N) is 2. The molecule has 0 bridgehead atoms. The Morgan fingerprint density at radius 3 is 2.96 bits per heavy atom. The van der Waals surface area contributed by atoms with Crippen LogP contribution in [0.25, 0.3) is 0 Å². The first-order valence-corrected chi connectivity index (χ1v) is 8.86. The maximum atomic E-state index is 9.30. The van der Waals surface area contributed by atoms with Crippen LogP contribution in [0.4, 0.5) is 0 Å². The fourth-order valence-electron chi connectivity index (χ4n) is 2.76. The third-order valence-corrected chi connectivity index (χ3v) is 4.46. The normalized spacial score (nSPS) is 21.0. The number of halogens is 1.